The van der Waals surface area contributed by atoms with E-state index >= 15 is 0 Å². The molecule has 3 nitrogen and oxygen atoms in total. The Morgan fingerprint density at radius 2 is 2.14 bits per heavy atom. The van der Waals surface area contributed by atoms with Gasteiger partial charge in [-0.15, -0.1) is 11.3 Å². The van der Waals surface area contributed by atoms with Crippen LogP contribution in [0.3, 0.4) is 0 Å². The summed E-state index contributed by atoms with van der Waals surface area (Å²) in [6, 6.07) is 3.54. The molecule has 0 aromatic carbocycles. The minimum Gasteiger partial charge on any atom is -0.322 e. The third-order valence-corrected chi connectivity index (χ3v) is 4.20. The van der Waals surface area contributed by atoms with Crippen LogP contribution < -0.4 is 5.73 Å². The van der Waals surface area contributed by atoms with Crippen molar-refractivity contribution in [3.63, 3.8) is 0 Å². The van der Waals surface area contributed by atoms with Crippen molar-refractivity contribution in [1.82, 2.24) is 0 Å². The summed E-state index contributed by atoms with van der Waals surface area (Å²) in [6.07, 6.45) is 2.18. The summed E-state index contributed by atoms with van der Waals surface area (Å²) in [5, 5.41) is 0. The number of rotatable bonds is 4. The molecule has 0 aliphatic heterocycles. The van der Waals surface area contributed by atoms with Crippen molar-refractivity contribution < 1.29 is 8.42 Å². The van der Waals surface area contributed by atoms with Gasteiger partial charge in [-0.25, -0.2) is 8.42 Å². The van der Waals surface area contributed by atoms with Crippen molar-refractivity contribution in [1.29, 1.82) is 0 Å². The molecule has 5 heteroatoms. The van der Waals surface area contributed by atoms with Crippen LogP contribution in [0.1, 0.15) is 22.7 Å². The highest BCUT2D eigenvalue weighted by atomic mass is 32.2. The van der Waals surface area contributed by atoms with Gasteiger partial charge in [0.2, 0.25) is 0 Å². The molecule has 14 heavy (non-hydrogen) atoms. The third-order valence-electron chi connectivity index (χ3n) is 1.88. The number of hydrogen-bond donors (Lipinski definition) is 1. The van der Waals surface area contributed by atoms with Crippen molar-refractivity contribution in [2.45, 2.75) is 19.4 Å². The second-order valence-electron chi connectivity index (χ2n) is 3.36. The van der Waals surface area contributed by atoms with Gasteiger partial charge in [-0.3, -0.25) is 0 Å². The van der Waals surface area contributed by atoms with Crippen LogP contribution in [0.15, 0.2) is 12.1 Å². The Morgan fingerprint density at radius 1 is 1.50 bits per heavy atom. The molecule has 1 aromatic rings. The zero-order valence-electron chi connectivity index (χ0n) is 8.36. The highest BCUT2D eigenvalue weighted by molar-refractivity contribution is 7.90. The highest BCUT2D eigenvalue weighted by Gasteiger charge is 2.14. The topological polar surface area (TPSA) is 60.2 Å². The van der Waals surface area contributed by atoms with Crippen LogP contribution in [0.2, 0.25) is 0 Å². The number of aryl methyl sites for hydroxylation is 1. The standard InChI is InChI=1S/C9H15NO2S2/c1-3-7-4-5-9(13-7)8(10)6-14(2,11)12/h4-5,8H,3,6,10H2,1-2H3. The Hall–Kier alpha value is -0.390. The molecule has 0 fully saturated rings. The van der Waals surface area contributed by atoms with Gasteiger partial charge in [-0.2, -0.15) is 0 Å². The van der Waals surface area contributed by atoms with E-state index in [9.17, 15) is 8.42 Å². The third kappa shape index (κ3) is 3.40. The molecular formula is C9H15NO2S2. The van der Waals surface area contributed by atoms with E-state index in [-0.39, 0.29) is 11.8 Å². The lowest BCUT2D eigenvalue weighted by Crippen LogP contribution is -2.19. The van der Waals surface area contributed by atoms with Crippen molar-refractivity contribution in [2.75, 3.05) is 12.0 Å². The van der Waals surface area contributed by atoms with Crippen molar-refractivity contribution in [2.24, 2.45) is 5.73 Å². The molecular weight excluding hydrogens is 218 g/mol. The molecule has 0 radical (unpaired) electrons. The predicted octanol–water partition coefficient (Wildman–Crippen LogP) is 1.35. The summed E-state index contributed by atoms with van der Waals surface area (Å²) in [6.45, 7) is 2.07. The number of thiophene rings is 1. The summed E-state index contributed by atoms with van der Waals surface area (Å²) >= 11 is 1.59. The van der Waals surface area contributed by atoms with Crippen LogP contribution >= 0.6 is 11.3 Å². The lowest BCUT2D eigenvalue weighted by Gasteiger charge is -2.06. The Balaban J connectivity index is 2.74. The van der Waals surface area contributed by atoms with E-state index in [4.69, 9.17) is 5.73 Å². The van der Waals surface area contributed by atoms with Crippen LogP contribution in [0.4, 0.5) is 0 Å². The van der Waals surface area contributed by atoms with Crippen LogP contribution in [0.5, 0.6) is 0 Å². The van der Waals surface area contributed by atoms with E-state index < -0.39 is 9.84 Å². The second kappa shape index (κ2) is 4.42. The molecule has 1 rings (SSSR count). The van der Waals surface area contributed by atoms with Crippen molar-refractivity contribution in [3.8, 4) is 0 Å². The SMILES string of the molecule is CCc1ccc(C(N)CS(C)(=O)=O)s1. The Kier molecular flexibility index (Phi) is 3.69. The van der Waals surface area contributed by atoms with Crippen LogP contribution in [-0.4, -0.2) is 20.4 Å². The normalized spacial score (nSPS) is 14.2. The molecule has 0 aliphatic rings. The smallest absolute Gasteiger partial charge is 0.149 e. The van der Waals surface area contributed by atoms with E-state index in [0.717, 1.165) is 11.3 Å². The molecule has 0 saturated heterocycles. The van der Waals surface area contributed by atoms with Gasteiger partial charge in [0.05, 0.1) is 11.8 Å². The summed E-state index contributed by atoms with van der Waals surface area (Å²) in [7, 11) is -2.99. The maximum Gasteiger partial charge on any atom is 0.149 e. The monoisotopic (exact) mass is 233 g/mol. The van der Waals surface area contributed by atoms with Gasteiger partial charge in [0, 0.05) is 16.0 Å². The molecule has 1 unspecified atom stereocenters. The lowest BCUT2D eigenvalue weighted by atomic mass is 10.3. The van der Waals surface area contributed by atoms with Gasteiger partial charge < -0.3 is 5.73 Å². The summed E-state index contributed by atoms with van der Waals surface area (Å²) < 4.78 is 22.0. The zero-order valence-corrected chi connectivity index (χ0v) is 9.99. The van der Waals surface area contributed by atoms with Crippen molar-refractivity contribution in [3.05, 3.63) is 21.9 Å². The lowest BCUT2D eigenvalue weighted by molar-refractivity contribution is 0.595. The van der Waals surface area contributed by atoms with Gasteiger partial charge in [0.15, 0.2) is 0 Å². The molecule has 0 saturated carbocycles. The fraction of sp³-hybridized carbons (Fsp3) is 0.556. The minimum absolute atomic E-state index is 0.0245. The molecule has 1 heterocycles. The number of nitrogens with two attached hydrogens (primary N) is 1. The molecule has 0 aliphatic carbocycles. The second-order valence-corrected chi connectivity index (χ2v) is 6.74. The first-order chi connectivity index (χ1) is 6.42. The first-order valence-electron chi connectivity index (χ1n) is 4.44. The molecule has 0 bridgehead atoms. The van der Waals surface area contributed by atoms with E-state index in [1.54, 1.807) is 11.3 Å². The first-order valence-corrected chi connectivity index (χ1v) is 7.32. The van der Waals surface area contributed by atoms with Crippen molar-refractivity contribution >= 4 is 21.2 Å². The first kappa shape index (κ1) is 11.7. The molecule has 80 valence electrons. The van der Waals surface area contributed by atoms with Gasteiger partial charge in [0.1, 0.15) is 9.84 Å². The number of sulfone groups is 1. The Labute approximate surface area is 88.9 Å². The Bertz CT molecular complexity index is 395. The fourth-order valence-electron chi connectivity index (χ4n) is 1.19. The molecule has 2 N–H and O–H groups in total. The van der Waals surface area contributed by atoms with Crippen LogP contribution in [0.25, 0.3) is 0 Å². The maximum atomic E-state index is 11.0. The molecule has 1 atom stereocenters. The van der Waals surface area contributed by atoms with Gasteiger partial charge in [0.25, 0.3) is 0 Å². The summed E-state index contributed by atoms with van der Waals surface area (Å²) in [5.41, 5.74) is 5.78. The zero-order chi connectivity index (χ0) is 10.8. The van der Waals surface area contributed by atoms with Crippen LogP contribution in [0, 0.1) is 0 Å². The maximum absolute atomic E-state index is 11.0. The van der Waals surface area contributed by atoms with Crippen LogP contribution in [-0.2, 0) is 16.3 Å². The van der Waals surface area contributed by atoms with Gasteiger partial charge in [-0.1, -0.05) is 6.92 Å². The van der Waals surface area contributed by atoms with E-state index in [2.05, 4.69) is 6.92 Å². The molecule has 0 amide bonds. The van der Waals surface area contributed by atoms with E-state index in [1.807, 2.05) is 12.1 Å². The molecule has 0 spiro atoms. The molecule has 1 aromatic heterocycles. The van der Waals surface area contributed by atoms with Gasteiger partial charge in [-0.05, 0) is 18.6 Å². The quantitative estimate of drug-likeness (QED) is 0.854. The van der Waals surface area contributed by atoms with E-state index in [0.29, 0.717) is 0 Å². The highest BCUT2D eigenvalue weighted by Crippen LogP contribution is 2.22. The summed E-state index contributed by atoms with van der Waals surface area (Å²) in [4.78, 5) is 2.19. The minimum atomic E-state index is -2.99. The largest absolute Gasteiger partial charge is 0.322 e. The van der Waals surface area contributed by atoms with Gasteiger partial charge >= 0.3 is 0 Å². The average molecular weight is 233 g/mol. The summed E-state index contributed by atoms with van der Waals surface area (Å²) in [5.74, 6) is 0.0245. The Morgan fingerprint density at radius 3 is 2.57 bits per heavy atom. The van der Waals surface area contributed by atoms with E-state index in [1.165, 1.54) is 11.1 Å². The average Bonchev–Trinajstić information content (AvgIpc) is 2.48. The predicted molar refractivity (Wildman–Crippen MR) is 60.3 cm³/mol. The number of hydrogen-bond acceptors (Lipinski definition) is 4. The fourth-order valence-corrected chi connectivity index (χ4v) is 3.08.